The van der Waals surface area contributed by atoms with Crippen LogP contribution in [0.15, 0.2) is 18.2 Å². The van der Waals surface area contributed by atoms with Gasteiger partial charge in [-0.05, 0) is 38.5 Å². The Hall–Kier alpha value is -1.35. The molecule has 0 radical (unpaired) electrons. The van der Waals surface area contributed by atoms with Gasteiger partial charge in [-0.2, -0.15) is 0 Å². The molecule has 0 bridgehead atoms. The molecule has 3 heteroatoms. The molecule has 0 spiro atoms. The molecule has 0 fully saturated rings. The fourth-order valence-electron chi connectivity index (χ4n) is 2.67. The Morgan fingerprint density at radius 1 is 1.30 bits per heavy atom. The second-order valence-corrected chi connectivity index (χ2v) is 6.54. The van der Waals surface area contributed by atoms with Gasteiger partial charge in [0.2, 0.25) is 0 Å². The molecule has 0 unspecified atom stereocenters. The van der Waals surface area contributed by atoms with E-state index in [1.165, 1.54) is 5.57 Å². The predicted octanol–water partition coefficient (Wildman–Crippen LogP) is 3.96. The van der Waals surface area contributed by atoms with Crippen molar-refractivity contribution in [1.29, 1.82) is 0 Å². The fraction of sp³-hybridized carbons (Fsp3) is 0.529. The summed E-state index contributed by atoms with van der Waals surface area (Å²) in [6.45, 7) is 11.1. The maximum Gasteiger partial charge on any atom is 0.129 e. The molecule has 1 heterocycles. The summed E-state index contributed by atoms with van der Waals surface area (Å²) in [5.74, 6) is -0.130. The van der Waals surface area contributed by atoms with E-state index >= 15 is 0 Å². The largest absolute Gasteiger partial charge is 0.365 e. The molecule has 2 rings (SSSR count). The number of allylic oxidation sites excluding steroid dienone is 1. The average Bonchev–Trinajstić information content (AvgIpc) is 2.33. The highest BCUT2D eigenvalue weighted by Gasteiger charge is 2.29. The minimum absolute atomic E-state index is 0.0821. The Labute approximate surface area is 121 Å². The molecule has 1 aliphatic rings. The molecule has 0 amide bonds. The van der Waals surface area contributed by atoms with Crippen LogP contribution in [-0.4, -0.2) is 18.6 Å². The summed E-state index contributed by atoms with van der Waals surface area (Å²) in [5.41, 5.74) is 3.98. The lowest BCUT2D eigenvalue weighted by molar-refractivity contribution is 0.549. The molecule has 0 aliphatic carbocycles. The van der Waals surface area contributed by atoms with Crippen LogP contribution in [0.25, 0.3) is 5.57 Å². The first-order valence-corrected chi connectivity index (χ1v) is 7.22. The Balaban J connectivity index is 2.44. The van der Waals surface area contributed by atoms with Gasteiger partial charge in [-0.25, -0.2) is 4.39 Å². The summed E-state index contributed by atoms with van der Waals surface area (Å²) < 4.78 is 14.3. The number of likely N-dealkylation sites (N-methyl/N-ethyl adjacent to an activating group) is 1. The van der Waals surface area contributed by atoms with Crippen LogP contribution in [0.5, 0.6) is 0 Å². The van der Waals surface area contributed by atoms with E-state index in [4.69, 9.17) is 0 Å². The number of hydrogen-bond donors (Lipinski definition) is 1. The third kappa shape index (κ3) is 2.73. The molecule has 1 aromatic carbocycles. The summed E-state index contributed by atoms with van der Waals surface area (Å²) >= 11 is 0. The van der Waals surface area contributed by atoms with E-state index < -0.39 is 0 Å². The lowest BCUT2D eigenvalue weighted by Crippen LogP contribution is -2.42. The SMILES string of the molecule is CC1=CC(C)(C)N(C)c2cc(F)c(CNC(C)C)cc21. The van der Waals surface area contributed by atoms with E-state index in [0.29, 0.717) is 12.6 Å². The van der Waals surface area contributed by atoms with Crippen LogP contribution in [0.3, 0.4) is 0 Å². The normalized spacial score (nSPS) is 17.2. The first-order valence-electron chi connectivity index (χ1n) is 7.22. The number of benzene rings is 1. The number of fused-ring (bicyclic) bond motifs is 1. The standard InChI is InChI=1S/C17H25FN2/c1-11(2)19-10-13-7-14-12(3)9-17(4,5)20(6)16(14)8-15(13)18/h7-9,11,19H,10H2,1-6H3. The van der Waals surface area contributed by atoms with E-state index in [-0.39, 0.29) is 11.4 Å². The number of hydrogen-bond acceptors (Lipinski definition) is 2. The third-order valence-corrected chi connectivity index (χ3v) is 4.09. The quantitative estimate of drug-likeness (QED) is 0.899. The van der Waals surface area contributed by atoms with Gasteiger partial charge in [-0.15, -0.1) is 0 Å². The predicted molar refractivity (Wildman–Crippen MR) is 84.5 cm³/mol. The topological polar surface area (TPSA) is 15.3 Å². The van der Waals surface area contributed by atoms with Gasteiger partial charge in [0.1, 0.15) is 5.82 Å². The van der Waals surface area contributed by atoms with Gasteiger partial charge >= 0.3 is 0 Å². The van der Waals surface area contributed by atoms with E-state index in [1.54, 1.807) is 6.07 Å². The van der Waals surface area contributed by atoms with Gasteiger partial charge in [0.25, 0.3) is 0 Å². The highest BCUT2D eigenvalue weighted by Crippen LogP contribution is 2.38. The van der Waals surface area contributed by atoms with E-state index in [1.807, 2.05) is 13.1 Å². The zero-order valence-electron chi connectivity index (χ0n) is 13.3. The lowest BCUT2D eigenvalue weighted by atomic mass is 9.88. The zero-order valence-corrected chi connectivity index (χ0v) is 13.3. The molecule has 0 atom stereocenters. The number of anilines is 1. The Bertz CT molecular complexity index is 544. The van der Waals surface area contributed by atoms with E-state index in [2.05, 4.69) is 50.9 Å². The summed E-state index contributed by atoms with van der Waals surface area (Å²) in [6, 6.07) is 4.01. The fourth-order valence-corrected chi connectivity index (χ4v) is 2.67. The van der Waals surface area contributed by atoms with Crippen molar-refractivity contribution in [2.24, 2.45) is 0 Å². The van der Waals surface area contributed by atoms with Crippen LogP contribution in [0, 0.1) is 5.82 Å². The molecule has 110 valence electrons. The van der Waals surface area contributed by atoms with E-state index in [0.717, 1.165) is 16.8 Å². The molecule has 0 aromatic heterocycles. The molecule has 0 saturated heterocycles. The molecule has 2 nitrogen and oxygen atoms in total. The van der Waals surface area contributed by atoms with Crippen molar-refractivity contribution in [1.82, 2.24) is 5.32 Å². The minimum atomic E-state index is -0.130. The smallest absolute Gasteiger partial charge is 0.129 e. The number of nitrogens with zero attached hydrogens (tertiary/aromatic N) is 1. The summed E-state index contributed by atoms with van der Waals surface area (Å²) in [4.78, 5) is 2.14. The Kier molecular flexibility index (Phi) is 3.92. The monoisotopic (exact) mass is 276 g/mol. The second kappa shape index (κ2) is 5.21. The molecule has 20 heavy (non-hydrogen) atoms. The third-order valence-electron chi connectivity index (χ3n) is 4.09. The van der Waals surface area contributed by atoms with Crippen molar-refractivity contribution in [3.63, 3.8) is 0 Å². The first kappa shape index (κ1) is 15.0. The van der Waals surface area contributed by atoms with Crippen molar-refractivity contribution in [3.8, 4) is 0 Å². The van der Waals surface area contributed by atoms with Crippen LogP contribution < -0.4 is 10.2 Å². The van der Waals surface area contributed by atoms with Crippen molar-refractivity contribution in [3.05, 3.63) is 35.2 Å². The number of rotatable bonds is 3. The average molecular weight is 276 g/mol. The molecule has 1 aromatic rings. The van der Waals surface area contributed by atoms with Crippen LogP contribution in [0.4, 0.5) is 10.1 Å². The zero-order chi connectivity index (χ0) is 15.1. The highest BCUT2D eigenvalue weighted by molar-refractivity contribution is 5.81. The number of halogens is 1. The van der Waals surface area contributed by atoms with Crippen molar-refractivity contribution >= 4 is 11.3 Å². The van der Waals surface area contributed by atoms with Gasteiger partial charge < -0.3 is 10.2 Å². The molecule has 1 N–H and O–H groups in total. The molecular weight excluding hydrogens is 251 g/mol. The Morgan fingerprint density at radius 2 is 1.95 bits per heavy atom. The van der Waals surface area contributed by atoms with Crippen molar-refractivity contribution < 1.29 is 4.39 Å². The second-order valence-electron chi connectivity index (χ2n) is 6.54. The summed E-state index contributed by atoms with van der Waals surface area (Å²) in [5, 5.41) is 3.28. The van der Waals surface area contributed by atoms with Gasteiger partial charge in [-0.3, -0.25) is 0 Å². The van der Waals surface area contributed by atoms with Gasteiger partial charge in [-0.1, -0.05) is 19.9 Å². The van der Waals surface area contributed by atoms with E-state index in [9.17, 15) is 4.39 Å². The maximum atomic E-state index is 14.3. The first-order chi connectivity index (χ1) is 9.22. The summed E-state index contributed by atoms with van der Waals surface area (Å²) in [7, 11) is 2.02. The van der Waals surface area contributed by atoms with Crippen LogP contribution in [-0.2, 0) is 6.54 Å². The minimum Gasteiger partial charge on any atom is -0.365 e. The number of nitrogens with one attached hydrogen (secondary N) is 1. The lowest BCUT2D eigenvalue weighted by Gasteiger charge is -2.40. The Morgan fingerprint density at radius 3 is 2.55 bits per heavy atom. The molecule has 1 aliphatic heterocycles. The van der Waals surface area contributed by atoms with Gasteiger partial charge in [0.15, 0.2) is 0 Å². The van der Waals surface area contributed by atoms with Gasteiger partial charge in [0, 0.05) is 36.4 Å². The van der Waals surface area contributed by atoms with Crippen LogP contribution >= 0.6 is 0 Å². The molecular formula is C17H25FN2. The highest BCUT2D eigenvalue weighted by atomic mass is 19.1. The van der Waals surface area contributed by atoms with Gasteiger partial charge in [0.05, 0.1) is 5.54 Å². The van der Waals surface area contributed by atoms with Crippen molar-refractivity contribution in [2.45, 2.75) is 52.7 Å². The van der Waals surface area contributed by atoms with Crippen molar-refractivity contribution in [2.75, 3.05) is 11.9 Å². The molecule has 0 saturated carbocycles. The maximum absolute atomic E-state index is 14.3. The van der Waals surface area contributed by atoms with Crippen LogP contribution in [0.2, 0.25) is 0 Å². The summed E-state index contributed by atoms with van der Waals surface area (Å²) in [6.07, 6.45) is 2.24. The van der Waals surface area contributed by atoms with Crippen LogP contribution in [0.1, 0.15) is 45.7 Å².